The zero-order valence-corrected chi connectivity index (χ0v) is 8.81. The molecule has 1 aromatic carbocycles. The standard InChI is InChI=1S/C12H14N2O/c1-13-6-7-14-11(8-13)9-4-2-3-5-10(9)12(14)15/h2-5,11H,6-8H2,1H3. The zero-order valence-electron chi connectivity index (χ0n) is 8.81. The highest BCUT2D eigenvalue weighted by molar-refractivity contribution is 5.99. The van der Waals surface area contributed by atoms with Crippen LogP contribution in [0.15, 0.2) is 24.3 Å². The molecule has 1 atom stereocenters. The minimum Gasteiger partial charge on any atom is -0.329 e. The predicted octanol–water partition coefficient (Wildman–Crippen LogP) is 1.13. The van der Waals surface area contributed by atoms with Crippen molar-refractivity contribution in [1.82, 2.24) is 9.80 Å². The van der Waals surface area contributed by atoms with Gasteiger partial charge in [-0.15, -0.1) is 0 Å². The van der Waals surface area contributed by atoms with Crippen molar-refractivity contribution in [1.29, 1.82) is 0 Å². The Morgan fingerprint density at radius 3 is 2.93 bits per heavy atom. The maximum absolute atomic E-state index is 12.0. The molecule has 0 aromatic heterocycles. The Kier molecular flexibility index (Phi) is 1.83. The number of likely N-dealkylation sites (N-methyl/N-ethyl adjacent to an activating group) is 1. The quantitative estimate of drug-likeness (QED) is 0.629. The first-order valence-electron chi connectivity index (χ1n) is 5.36. The van der Waals surface area contributed by atoms with Gasteiger partial charge in [-0.05, 0) is 18.7 Å². The highest BCUT2D eigenvalue weighted by Crippen LogP contribution is 2.35. The first-order valence-corrected chi connectivity index (χ1v) is 5.36. The number of nitrogens with zero attached hydrogens (tertiary/aromatic N) is 2. The molecule has 2 heterocycles. The molecule has 3 rings (SSSR count). The van der Waals surface area contributed by atoms with Gasteiger partial charge in [0, 0.05) is 25.2 Å². The van der Waals surface area contributed by atoms with E-state index in [4.69, 9.17) is 0 Å². The molecular formula is C12H14N2O. The monoisotopic (exact) mass is 202 g/mol. The molecule has 0 N–H and O–H groups in total. The Hall–Kier alpha value is -1.35. The van der Waals surface area contributed by atoms with Gasteiger partial charge in [0.1, 0.15) is 0 Å². The Bertz CT molecular complexity index is 416. The minimum atomic E-state index is 0.212. The molecule has 2 aliphatic rings. The van der Waals surface area contributed by atoms with Gasteiger partial charge in [-0.3, -0.25) is 4.79 Å². The van der Waals surface area contributed by atoms with Crippen LogP contribution < -0.4 is 0 Å². The molecule has 0 bridgehead atoms. The topological polar surface area (TPSA) is 23.6 Å². The normalized spacial score (nSPS) is 25.3. The Morgan fingerprint density at radius 1 is 1.27 bits per heavy atom. The second-order valence-electron chi connectivity index (χ2n) is 4.36. The van der Waals surface area contributed by atoms with Crippen LogP contribution in [0.1, 0.15) is 22.0 Å². The number of fused-ring (bicyclic) bond motifs is 3. The number of amides is 1. The van der Waals surface area contributed by atoms with Gasteiger partial charge in [0.15, 0.2) is 0 Å². The van der Waals surface area contributed by atoms with Crippen molar-refractivity contribution in [3.8, 4) is 0 Å². The van der Waals surface area contributed by atoms with E-state index in [9.17, 15) is 4.79 Å². The number of rotatable bonds is 0. The van der Waals surface area contributed by atoms with E-state index in [0.29, 0.717) is 0 Å². The van der Waals surface area contributed by atoms with Crippen molar-refractivity contribution in [2.45, 2.75) is 6.04 Å². The maximum atomic E-state index is 12.0. The van der Waals surface area contributed by atoms with Crippen LogP contribution in [-0.2, 0) is 0 Å². The number of hydrogen-bond acceptors (Lipinski definition) is 2. The number of carbonyl (C=O) groups excluding carboxylic acids is 1. The van der Waals surface area contributed by atoms with Gasteiger partial charge < -0.3 is 9.80 Å². The van der Waals surface area contributed by atoms with E-state index in [0.717, 1.165) is 25.2 Å². The molecule has 1 saturated heterocycles. The average molecular weight is 202 g/mol. The third kappa shape index (κ3) is 1.20. The van der Waals surface area contributed by atoms with Crippen molar-refractivity contribution in [3.05, 3.63) is 35.4 Å². The Labute approximate surface area is 89.3 Å². The second-order valence-corrected chi connectivity index (χ2v) is 4.36. The fourth-order valence-electron chi connectivity index (χ4n) is 2.57. The smallest absolute Gasteiger partial charge is 0.254 e. The lowest BCUT2D eigenvalue weighted by Crippen LogP contribution is -2.45. The molecule has 78 valence electrons. The summed E-state index contributed by atoms with van der Waals surface area (Å²) >= 11 is 0. The van der Waals surface area contributed by atoms with Gasteiger partial charge >= 0.3 is 0 Å². The highest BCUT2D eigenvalue weighted by atomic mass is 16.2. The third-order valence-electron chi connectivity index (χ3n) is 3.39. The van der Waals surface area contributed by atoms with E-state index in [1.165, 1.54) is 5.56 Å². The molecule has 2 aliphatic heterocycles. The molecule has 1 aromatic rings. The van der Waals surface area contributed by atoms with Gasteiger partial charge in [0.25, 0.3) is 5.91 Å². The van der Waals surface area contributed by atoms with Crippen LogP contribution in [0, 0.1) is 0 Å². The van der Waals surface area contributed by atoms with E-state index < -0.39 is 0 Å². The third-order valence-corrected chi connectivity index (χ3v) is 3.39. The summed E-state index contributed by atoms with van der Waals surface area (Å²) in [5, 5.41) is 0. The zero-order chi connectivity index (χ0) is 10.4. The van der Waals surface area contributed by atoms with Crippen LogP contribution in [-0.4, -0.2) is 42.4 Å². The number of carbonyl (C=O) groups is 1. The molecule has 0 saturated carbocycles. The van der Waals surface area contributed by atoms with E-state index in [1.54, 1.807) is 0 Å². The van der Waals surface area contributed by atoms with Gasteiger partial charge in [-0.1, -0.05) is 18.2 Å². The Morgan fingerprint density at radius 2 is 2.07 bits per heavy atom. The van der Waals surface area contributed by atoms with Gasteiger partial charge in [0.2, 0.25) is 0 Å². The van der Waals surface area contributed by atoms with Gasteiger partial charge in [0.05, 0.1) is 6.04 Å². The number of benzene rings is 1. The van der Waals surface area contributed by atoms with Gasteiger partial charge in [-0.25, -0.2) is 0 Å². The van der Waals surface area contributed by atoms with Crippen LogP contribution >= 0.6 is 0 Å². The molecule has 0 aliphatic carbocycles. The van der Waals surface area contributed by atoms with E-state index >= 15 is 0 Å². The summed E-state index contributed by atoms with van der Waals surface area (Å²) in [5.74, 6) is 0.212. The van der Waals surface area contributed by atoms with Crippen LogP contribution in [0.2, 0.25) is 0 Å². The molecule has 0 spiro atoms. The average Bonchev–Trinajstić information content (AvgIpc) is 2.54. The first-order chi connectivity index (χ1) is 7.27. The summed E-state index contributed by atoms with van der Waals surface area (Å²) in [7, 11) is 2.11. The van der Waals surface area contributed by atoms with Crippen molar-refractivity contribution in [2.24, 2.45) is 0 Å². The van der Waals surface area contributed by atoms with Crippen molar-refractivity contribution >= 4 is 5.91 Å². The summed E-state index contributed by atoms with van der Waals surface area (Å²) in [6.45, 7) is 2.80. The fraction of sp³-hybridized carbons (Fsp3) is 0.417. The lowest BCUT2D eigenvalue weighted by Gasteiger charge is -2.35. The van der Waals surface area contributed by atoms with Crippen LogP contribution in [0.4, 0.5) is 0 Å². The summed E-state index contributed by atoms with van der Waals surface area (Å²) in [4.78, 5) is 16.3. The predicted molar refractivity (Wildman–Crippen MR) is 57.7 cm³/mol. The van der Waals surface area contributed by atoms with Gasteiger partial charge in [-0.2, -0.15) is 0 Å². The summed E-state index contributed by atoms with van der Waals surface area (Å²) in [6.07, 6.45) is 0. The van der Waals surface area contributed by atoms with Crippen LogP contribution in [0.25, 0.3) is 0 Å². The summed E-state index contributed by atoms with van der Waals surface area (Å²) in [6, 6.07) is 8.27. The largest absolute Gasteiger partial charge is 0.329 e. The molecule has 1 amide bonds. The van der Waals surface area contributed by atoms with Crippen molar-refractivity contribution in [3.63, 3.8) is 0 Å². The lowest BCUT2D eigenvalue weighted by atomic mass is 10.0. The molecule has 1 fully saturated rings. The molecule has 3 nitrogen and oxygen atoms in total. The van der Waals surface area contributed by atoms with Crippen LogP contribution in [0.5, 0.6) is 0 Å². The molecule has 1 unspecified atom stereocenters. The van der Waals surface area contributed by atoms with Crippen molar-refractivity contribution in [2.75, 3.05) is 26.7 Å². The highest BCUT2D eigenvalue weighted by Gasteiger charge is 2.38. The van der Waals surface area contributed by atoms with E-state index in [2.05, 4.69) is 18.0 Å². The second kappa shape index (κ2) is 3.07. The fourth-order valence-corrected chi connectivity index (χ4v) is 2.57. The minimum absolute atomic E-state index is 0.212. The number of piperazine rings is 1. The SMILES string of the molecule is CN1CCN2C(=O)c3ccccc3C2C1. The molecule has 0 radical (unpaired) electrons. The molecular weight excluding hydrogens is 188 g/mol. The Balaban J connectivity index is 2.06. The lowest BCUT2D eigenvalue weighted by molar-refractivity contribution is 0.0570. The molecule has 15 heavy (non-hydrogen) atoms. The maximum Gasteiger partial charge on any atom is 0.254 e. The van der Waals surface area contributed by atoms with E-state index in [-0.39, 0.29) is 11.9 Å². The molecule has 3 heteroatoms. The summed E-state index contributed by atoms with van der Waals surface area (Å²) < 4.78 is 0. The van der Waals surface area contributed by atoms with Crippen LogP contribution in [0.3, 0.4) is 0 Å². The first kappa shape index (κ1) is 8.92. The summed E-state index contributed by atoms with van der Waals surface area (Å²) in [5.41, 5.74) is 2.10. The number of hydrogen-bond donors (Lipinski definition) is 0. The van der Waals surface area contributed by atoms with Crippen molar-refractivity contribution < 1.29 is 4.79 Å². The van der Waals surface area contributed by atoms with E-state index in [1.807, 2.05) is 23.1 Å².